The van der Waals surface area contributed by atoms with Crippen LogP contribution in [-0.2, 0) is 6.98 Å². The SMILES string of the molecule is [2H]C([2H])([2H])n1nnn(-c2c(C)cccc2Br)c1=O. The Hall–Kier alpha value is -1.43. The summed E-state index contributed by atoms with van der Waals surface area (Å²) < 4.78 is 23.5. The number of nitrogens with zero attached hydrogens (tertiary/aromatic N) is 4. The lowest BCUT2D eigenvalue weighted by Gasteiger charge is -2.05. The molecule has 0 amide bonds. The zero-order valence-electron chi connectivity index (χ0n) is 10.8. The Labute approximate surface area is 98.7 Å². The third-order valence-corrected chi connectivity index (χ3v) is 2.62. The third kappa shape index (κ3) is 1.61. The van der Waals surface area contributed by atoms with Gasteiger partial charge in [0.15, 0.2) is 0 Å². The van der Waals surface area contributed by atoms with Crippen molar-refractivity contribution in [3.63, 3.8) is 0 Å². The number of tetrazole rings is 1. The van der Waals surface area contributed by atoms with Gasteiger partial charge in [-0.2, -0.15) is 9.36 Å². The van der Waals surface area contributed by atoms with E-state index < -0.39 is 12.7 Å². The molecule has 5 nitrogen and oxygen atoms in total. The van der Waals surface area contributed by atoms with E-state index in [1.165, 1.54) is 0 Å². The minimum atomic E-state index is -2.63. The van der Waals surface area contributed by atoms with E-state index in [0.29, 0.717) is 14.8 Å². The number of para-hydroxylation sites is 1. The molecule has 0 aliphatic rings. The number of halogens is 1. The van der Waals surface area contributed by atoms with Crippen LogP contribution in [-0.4, -0.2) is 19.8 Å². The standard InChI is InChI=1S/C9H9BrN4O/c1-6-4-3-5-7(10)8(6)14-9(15)13(2)11-12-14/h3-5H,1-2H3/i2D3. The van der Waals surface area contributed by atoms with Gasteiger partial charge in [-0.3, -0.25) is 0 Å². The summed E-state index contributed by atoms with van der Waals surface area (Å²) in [4.78, 5) is 11.9. The molecule has 0 radical (unpaired) electrons. The second-order valence-corrected chi connectivity index (χ2v) is 3.84. The van der Waals surface area contributed by atoms with Gasteiger partial charge in [-0.15, -0.1) is 0 Å². The van der Waals surface area contributed by atoms with Gasteiger partial charge in [0.05, 0.1) is 5.69 Å². The normalized spacial score (nSPS) is 14.4. The van der Waals surface area contributed by atoms with E-state index in [2.05, 4.69) is 26.4 Å². The number of benzene rings is 1. The van der Waals surface area contributed by atoms with Gasteiger partial charge in [-0.25, -0.2) is 4.79 Å². The van der Waals surface area contributed by atoms with Crippen LogP contribution < -0.4 is 5.69 Å². The molecule has 0 bridgehead atoms. The van der Waals surface area contributed by atoms with E-state index in [1.807, 2.05) is 6.07 Å². The van der Waals surface area contributed by atoms with Crippen LogP contribution in [0.4, 0.5) is 0 Å². The van der Waals surface area contributed by atoms with Crippen molar-refractivity contribution < 1.29 is 4.11 Å². The van der Waals surface area contributed by atoms with Crippen molar-refractivity contribution in [2.75, 3.05) is 0 Å². The lowest BCUT2D eigenvalue weighted by Crippen LogP contribution is -2.22. The average Bonchev–Trinajstić information content (AvgIpc) is 2.60. The molecule has 0 saturated carbocycles. The van der Waals surface area contributed by atoms with E-state index in [-0.39, 0.29) is 0 Å². The van der Waals surface area contributed by atoms with Crippen molar-refractivity contribution >= 4 is 15.9 Å². The van der Waals surface area contributed by atoms with Crippen molar-refractivity contribution in [2.45, 2.75) is 6.92 Å². The molecule has 2 aromatic rings. The van der Waals surface area contributed by atoms with Gasteiger partial charge in [0.1, 0.15) is 0 Å². The molecule has 0 spiro atoms. The fraction of sp³-hybridized carbons (Fsp3) is 0.222. The summed E-state index contributed by atoms with van der Waals surface area (Å²) in [5.41, 5.74) is 0.465. The van der Waals surface area contributed by atoms with Crippen LogP contribution in [0.25, 0.3) is 5.69 Å². The molecule has 0 atom stereocenters. The first-order valence-corrected chi connectivity index (χ1v) is 4.92. The molecule has 0 unspecified atom stereocenters. The van der Waals surface area contributed by atoms with Gasteiger partial charge < -0.3 is 0 Å². The minimum Gasteiger partial charge on any atom is -0.244 e. The molecule has 6 heteroatoms. The van der Waals surface area contributed by atoms with Crippen LogP contribution in [0.3, 0.4) is 0 Å². The average molecular weight is 272 g/mol. The van der Waals surface area contributed by atoms with Crippen LogP contribution in [0.1, 0.15) is 9.68 Å². The van der Waals surface area contributed by atoms with Gasteiger partial charge in [-0.1, -0.05) is 12.1 Å². The largest absolute Gasteiger partial charge is 0.368 e. The number of aromatic nitrogens is 4. The van der Waals surface area contributed by atoms with E-state index in [9.17, 15) is 4.79 Å². The first kappa shape index (κ1) is 6.95. The summed E-state index contributed by atoms with van der Waals surface area (Å²) in [5.74, 6) is 0. The Morgan fingerprint density at radius 1 is 1.47 bits per heavy atom. The molecule has 1 aromatic carbocycles. The van der Waals surface area contributed by atoms with E-state index in [4.69, 9.17) is 4.11 Å². The van der Waals surface area contributed by atoms with Crippen LogP contribution >= 0.6 is 15.9 Å². The monoisotopic (exact) mass is 271 g/mol. The van der Waals surface area contributed by atoms with Crippen LogP contribution in [0, 0.1) is 6.92 Å². The third-order valence-electron chi connectivity index (χ3n) is 1.98. The zero-order valence-corrected chi connectivity index (χ0v) is 9.39. The predicted molar refractivity (Wildman–Crippen MR) is 59.0 cm³/mol. The summed E-state index contributed by atoms with van der Waals surface area (Å²) >= 11 is 3.30. The summed E-state index contributed by atoms with van der Waals surface area (Å²) in [6.45, 7) is -0.842. The molecule has 0 N–H and O–H groups in total. The molecule has 0 saturated heterocycles. The molecule has 78 valence electrons. The molecule has 2 rings (SSSR count). The highest BCUT2D eigenvalue weighted by Gasteiger charge is 2.11. The molecule has 1 aromatic heterocycles. The fourth-order valence-electron chi connectivity index (χ4n) is 1.28. The molecule has 0 aliphatic heterocycles. The second-order valence-electron chi connectivity index (χ2n) is 2.99. The summed E-state index contributed by atoms with van der Waals surface area (Å²) in [7, 11) is 0. The van der Waals surface area contributed by atoms with Gasteiger partial charge in [0.25, 0.3) is 0 Å². The first-order valence-electron chi connectivity index (χ1n) is 5.63. The minimum absolute atomic E-state index is 0.381. The maximum Gasteiger partial charge on any atom is 0.368 e. The maximum absolute atomic E-state index is 11.9. The Bertz CT molecular complexity index is 626. The Morgan fingerprint density at radius 2 is 2.27 bits per heavy atom. The number of rotatable bonds is 1. The molecule has 0 fully saturated rings. The maximum atomic E-state index is 11.9. The number of hydrogen-bond acceptors (Lipinski definition) is 3. The van der Waals surface area contributed by atoms with E-state index in [0.717, 1.165) is 10.2 Å². The smallest absolute Gasteiger partial charge is 0.244 e. The van der Waals surface area contributed by atoms with Crippen LogP contribution in [0.2, 0.25) is 0 Å². The molecule has 15 heavy (non-hydrogen) atoms. The van der Waals surface area contributed by atoms with Gasteiger partial charge in [-0.05, 0) is 44.9 Å². The molecular formula is C9H9BrN4O. The number of aryl methyl sites for hydroxylation is 2. The van der Waals surface area contributed by atoms with Crippen molar-refractivity contribution in [2.24, 2.45) is 6.98 Å². The fourth-order valence-corrected chi connectivity index (χ4v) is 1.91. The lowest BCUT2D eigenvalue weighted by molar-refractivity contribution is 0.692. The van der Waals surface area contributed by atoms with E-state index >= 15 is 0 Å². The predicted octanol–water partition coefficient (Wildman–Crippen LogP) is 1.04. The first-order chi connectivity index (χ1) is 8.32. The Kier molecular flexibility index (Phi) is 1.67. The highest BCUT2D eigenvalue weighted by molar-refractivity contribution is 9.10. The summed E-state index contributed by atoms with van der Waals surface area (Å²) in [5, 5.41) is 6.98. The lowest BCUT2D eigenvalue weighted by atomic mass is 10.2. The van der Waals surface area contributed by atoms with Crippen molar-refractivity contribution in [1.82, 2.24) is 19.8 Å². The highest BCUT2D eigenvalue weighted by Crippen LogP contribution is 2.22. The van der Waals surface area contributed by atoms with E-state index in [1.54, 1.807) is 19.1 Å². The van der Waals surface area contributed by atoms with Gasteiger partial charge in [0, 0.05) is 15.6 Å². The van der Waals surface area contributed by atoms with Crippen molar-refractivity contribution in [1.29, 1.82) is 0 Å². The second kappa shape index (κ2) is 3.62. The topological polar surface area (TPSA) is 52.7 Å². The summed E-state index contributed by atoms with van der Waals surface area (Å²) in [6.07, 6.45) is 0. The van der Waals surface area contributed by atoms with Crippen LogP contribution in [0.5, 0.6) is 0 Å². The Balaban J connectivity index is 2.68. The van der Waals surface area contributed by atoms with Gasteiger partial charge in [0.2, 0.25) is 0 Å². The number of hydrogen-bond donors (Lipinski definition) is 0. The molecule has 0 aliphatic carbocycles. The quantitative estimate of drug-likeness (QED) is 0.779. The molecular weight excluding hydrogens is 260 g/mol. The van der Waals surface area contributed by atoms with Crippen molar-refractivity contribution in [3.05, 3.63) is 38.7 Å². The molecule has 1 heterocycles. The summed E-state index contributed by atoms with van der Waals surface area (Å²) in [6, 6.07) is 5.34. The Morgan fingerprint density at radius 3 is 2.87 bits per heavy atom. The van der Waals surface area contributed by atoms with Gasteiger partial charge >= 0.3 is 5.69 Å². The van der Waals surface area contributed by atoms with Crippen molar-refractivity contribution in [3.8, 4) is 5.69 Å². The highest BCUT2D eigenvalue weighted by atomic mass is 79.9. The zero-order chi connectivity index (χ0) is 13.5. The van der Waals surface area contributed by atoms with Crippen LogP contribution in [0.15, 0.2) is 27.5 Å².